The number of amides is 2. The number of hydrogen-bond acceptors (Lipinski definition) is 4. The second-order valence-corrected chi connectivity index (χ2v) is 7.01. The number of halogens is 2. The molecule has 7 nitrogen and oxygen atoms in total. The van der Waals surface area contributed by atoms with Gasteiger partial charge in [-0.05, 0) is 18.6 Å². The Hall–Kier alpha value is -3.10. The zero-order valence-corrected chi connectivity index (χ0v) is 16.6. The van der Waals surface area contributed by atoms with Gasteiger partial charge in [0.25, 0.3) is 0 Å². The summed E-state index contributed by atoms with van der Waals surface area (Å²) in [5, 5.41) is 19.6. The monoisotopic (exact) mass is 417 g/mol. The SMILES string of the molecule is C[C@H]([C@H](O)c1ccccc1)N(C)C(=O)Nc1n[nH]c(N)c1-c1cccc(Cl)c1F. The van der Waals surface area contributed by atoms with Crippen LogP contribution in [0, 0.1) is 5.82 Å². The topological polar surface area (TPSA) is 107 Å². The Morgan fingerprint density at radius 3 is 2.66 bits per heavy atom. The molecule has 0 saturated carbocycles. The Morgan fingerprint density at radius 2 is 1.97 bits per heavy atom. The summed E-state index contributed by atoms with van der Waals surface area (Å²) in [6.45, 7) is 1.72. The predicted molar refractivity (Wildman–Crippen MR) is 111 cm³/mol. The van der Waals surface area contributed by atoms with Crippen LogP contribution in [0.25, 0.3) is 11.1 Å². The quantitative estimate of drug-likeness (QED) is 0.502. The summed E-state index contributed by atoms with van der Waals surface area (Å²) in [7, 11) is 1.54. The Balaban J connectivity index is 1.82. The molecule has 0 spiro atoms. The summed E-state index contributed by atoms with van der Waals surface area (Å²) in [6, 6.07) is 12.4. The molecule has 0 fully saturated rings. The van der Waals surface area contributed by atoms with Crippen LogP contribution in [0.5, 0.6) is 0 Å². The van der Waals surface area contributed by atoms with Crippen LogP contribution in [-0.2, 0) is 0 Å². The van der Waals surface area contributed by atoms with Crippen molar-refractivity contribution >= 4 is 29.3 Å². The van der Waals surface area contributed by atoms with Gasteiger partial charge in [0, 0.05) is 12.6 Å². The second-order valence-electron chi connectivity index (χ2n) is 6.60. The molecule has 2 aromatic carbocycles. The van der Waals surface area contributed by atoms with Crippen molar-refractivity contribution in [3.05, 3.63) is 64.9 Å². The molecule has 0 aliphatic carbocycles. The Kier molecular flexibility index (Phi) is 6.05. The highest BCUT2D eigenvalue weighted by atomic mass is 35.5. The maximum absolute atomic E-state index is 14.5. The van der Waals surface area contributed by atoms with Crippen molar-refractivity contribution in [1.29, 1.82) is 0 Å². The largest absolute Gasteiger partial charge is 0.386 e. The van der Waals surface area contributed by atoms with Crippen molar-refractivity contribution in [3.63, 3.8) is 0 Å². The van der Waals surface area contributed by atoms with Gasteiger partial charge in [0.05, 0.1) is 22.7 Å². The van der Waals surface area contributed by atoms with E-state index in [0.717, 1.165) is 0 Å². The number of carbonyl (C=O) groups is 1. The molecule has 0 radical (unpaired) electrons. The highest BCUT2D eigenvalue weighted by Crippen LogP contribution is 2.35. The number of aliphatic hydroxyl groups excluding tert-OH is 1. The van der Waals surface area contributed by atoms with Crippen LogP contribution in [0.2, 0.25) is 5.02 Å². The number of aromatic amines is 1. The molecule has 2 amide bonds. The van der Waals surface area contributed by atoms with Crippen LogP contribution in [0.4, 0.5) is 20.8 Å². The molecule has 0 bridgehead atoms. The van der Waals surface area contributed by atoms with E-state index in [1.165, 1.54) is 17.0 Å². The zero-order valence-electron chi connectivity index (χ0n) is 15.9. The summed E-state index contributed by atoms with van der Waals surface area (Å²) >= 11 is 5.86. The third-order valence-corrected chi connectivity index (χ3v) is 5.06. The minimum absolute atomic E-state index is 0.0573. The van der Waals surface area contributed by atoms with E-state index < -0.39 is 24.0 Å². The number of H-pyrrole nitrogens is 1. The summed E-state index contributed by atoms with van der Waals surface area (Å²) < 4.78 is 14.5. The first-order chi connectivity index (χ1) is 13.8. The maximum Gasteiger partial charge on any atom is 0.323 e. The fourth-order valence-electron chi connectivity index (χ4n) is 2.93. The lowest BCUT2D eigenvalue weighted by atomic mass is 10.0. The van der Waals surface area contributed by atoms with Crippen LogP contribution in [0.1, 0.15) is 18.6 Å². The number of aromatic nitrogens is 2. The number of nitrogens with two attached hydrogens (primary N) is 1. The molecule has 0 aliphatic rings. The highest BCUT2D eigenvalue weighted by Gasteiger charge is 2.26. The number of likely N-dealkylation sites (N-methyl/N-ethyl adjacent to an activating group) is 1. The van der Waals surface area contributed by atoms with Crippen LogP contribution < -0.4 is 11.1 Å². The second kappa shape index (κ2) is 8.50. The lowest BCUT2D eigenvalue weighted by Crippen LogP contribution is -2.41. The maximum atomic E-state index is 14.5. The van der Waals surface area contributed by atoms with Gasteiger partial charge in [0.2, 0.25) is 0 Å². The van der Waals surface area contributed by atoms with Crippen LogP contribution >= 0.6 is 11.6 Å². The van der Waals surface area contributed by atoms with E-state index in [9.17, 15) is 14.3 Å². The van der Waals surface area contributed by atoms with Gasteiger partial charge in [-0.2, -0.15) is 5.10 Å². The number of urea groups is 1. The van der Waals surface area contributed by atoms with Gasteiger partial charge in [0.15, 0.2) is 5.82 Å². The first-order valence-electron chi connectivity index (χ1n) is 8.86. The van der Waals surface area contributed by atoms with Gasteiger partial charge in [0.1, 0.15) is 11.6 Å². The van der Waals surface area contributed by atoms with Crippen LogP contribution in [-0.4, -0.2) is 39.3 Å². The molecule has 3 aromatic rings. The predicted octanol–water partition coefficient (Wildman–Crippen LogP) is 4.04. The number of hydrogen-bond donors (Lipinski definition) is 4. The molecule has 1 heterocycles. The van der Waals surface area contributed by atoms with Crippen LogP contribution in [0.15, 0.2) is 48.5 Å². The van der Waals surface area contributed by atoms with E-state index in [-0.39, 0.29) is 27.8 Å². The fraction of sp³-hybridized carbons (Fsp3) is 0.200. The minimum atomic E-state index is -0.888. The van der Waals surface area contributed by atoms with Gasteiger partial charge in [-0.1, -0.05) is 54.1 Å². The molecule has 3 rings (SSSR count). The normalized spacial score (nSPS) is 13.0. The lowest BCUT2D eigenvalue weighted by molar-refractivity contribution is 0.0894. The van der Waals surface area contributed by atoms with E-state index in [0.29, 0.717) is 5.56 Å². The minimum Gasteiger partial charge on any atom is -0.386 e. The molecular weight excluding hydrogens is 397 g/mol. The summed E-state index contributed by atoms with van der Waals surface area (Å²) in [5.41, 5.74) is 6.89. The molecular formula is C20H21ClFN5O2. The third kappa shape index (κ3) is 4.18. The first-order valence-corrected chi connectivity index (χ1v) is 9.24. The van der Waals surface area contributed by atoms with Crippen molar-refractivity contribution in [1.82, 2.24) is 15.1 Å². The Labute approximate surface area is 172 Å². The molecule has 9 heteroatoms. The van der Waals surface area contributed by atoms with Gasteiger partial charge < -0.3 is 15.7 Å². The number of nitrogens with one attached hydrogen (secondary N) is 2. The van der Waals surface area contributed by atoms with Gasteiger partial charge in [-0.15, -0.1) is 0 Å². The lowest BCUT2D eigenvalue weighted by Gasteiger charge is -2.29. The first kappa shape index (κ1) is 20.6. The number of carbonyl (C=O) groups excluding carboxylic acids is 1. The fourth-order valence-corrected chi connectivity index (χ4v) is 3.10. The molecule has 152 valence electrons. The molecule has 0 unspecified atom stereocenters. The van der Waals surface area contributed by atoms with E-state index in [1.54, 1.807) is 32.2 Å². The number of benzene rings is 2. The van der Waals surface area contributed by atoms with Crippen molar-refractivity contribution < 1.29 is 14.3 Å². The zero-order chi connectivity index (χ0) is 21.1. The summed E-state index contributed by atoms with van der Waals surface area (Å²) in [6.07, 6.45) is -0.888. The highest BCUT2D eigenvalue weighted by molar-refractivity contribution is 6.31. The molecule has 1 aromatic heterocycles. The van der Waals surface area contributed by atoms with E-state index in [4.69, 9.17) is 17.3 Å². The van der Waals surface area contributed by atoms with Crippen molar-refractivity contribution in [2.75, 3.05) is 18.1 Å². The number of aliphatic hydroxyl groups is 1. The summed E-state index contributed by atoms with van der Waals surface area (Å²) in [5.74, 6) is -0.526. The Bertz CT molecular complexity index is 1010. The standard InChI is InChI=1S/C20H21ClFN5O2/c1-11(17(28)12-7-4-3-5-8-12)27(2)20(29)24-19-15(18(23)25-26-19)13-9-6-10-14(21)16(13)22/h3-11,17,28H,1-2H3,(H4,23,24,25,26,29)/t11-,17+/m1/s1. The van der Waals surface area contributed by atoms with E-state index >= 15 is 0 Å². The third-order valence-electron chi connectivity index (χ3n) is 4.77. The van der Waals surface area contributed by atoms with Crippen molar-refractivity contribution in [2.24, 2.45) is 0 Å². The molecule has 2 atom stereocenters. The Morgan fingerprint density at radius 1 is 1.28 bits per heavy atom. The van der Waals surface area contributed by atoms with E-state index in [2.05, 4.69) is 15.5 Å². The van der Waals surface area contributed by atoms with Gasteiger partial charge in [-0.3, -0.25) is 10.4 Å². The number of rotatable bonds is 5. The van der Waals surface area contributed by atoms with Gasteiger partial charge >= 0.3 is 6.03 Å². The van der Waals surface area contributed by atoms with Crippen molar-refractivity contribution in [3.8, 4) is 11.1 Å². The number of nitrogen functional groups attached to an aromatic ring is 1. The average molecular weight is 418 g/mol. The number of anilines is 2. The van der Waals surface area contributed by atoms with Crippen molar-refractivity contribution in [2.45, 2.75) is 19.1 Å². The molecule has 0 saturated heterocycles. The number of nitrogens with zero attached hydrogens (tertiary/aromatic N) is 2. The molecule has 29 heavy (non-hydrogen) atoms. The van der Waals surface area contributed by atoms with E-state index in [1.807, 2.05) is 18.2 Å². The molecule has 0 aliphatic heterocycles. The molecule has 5 N–H and O–H groups in total. The smallest absolute Gasteiger partial charge is 0.323 e. The average Bonchev–Trinajstić information content (AvgIpc) is 3.08. The summed E-state index contributed by atoms with van der Waals surface area (Å²) in [4.78, 5) is 14.1. The van der Waals surface area contributed by atoms with Gasteiger partial charge in [-0.25, -0.2) is 9.18 Å². The van der Waals surface area contributed by atoms with Crippen LogP contribution in [0.3, 0.4) is 0 Å².